The van der Waals surface area contributed by atoms with Gasteiger partial charge in [-0.3, -0.25) is 0 Å². The second-order valence-corrected chi connectivity index (χ2v) is 0.274. The average molecular weight is 115 g/mol. The molecule has 0 atom stereocenters. The van der Waals surface area contributed by atoms with Crippen molar-refractivity contribution in [3.63, 3.8) is 0 Å². The van der Waals surface area contributed by atoms with Crippen LogP contribution in [0.15, 0.2) is 0 Å². The van der Waals surface area contributed by atoms with E-state index in [-0.39, 0.29) is 56.9 Å². The first-order chi connectivity index (χ1) is 1.41. The van der Waals surface area contributed by atoms with Crippen LogP contribution in [-0.4, -0.2) is 5.48 Å². The summed E-state index contributed by atoms with van der Waals surface area (Å²) < 4.78 is 0. The van der Waals surface area contributed by atoms with Gasteiger partial charge >= 0.3 is 51.4 Å². The van der Waals surface area contributed by atoms with Gasteiger partial charge in [0.1, 0.15) is 0 Å². The summed E-state index contributed by atoms with van der Waals surface area (Å²) in [6, 6.07) is 0. The number of nitriles is 1. The van der Waals surface area contributed by atoms with Gasteiger partial charge in [-0.05, 0) is 0 Å². The Morgan fingerprint density at radius 1 is 1.60 bits per heavy atom. The minimum absolute atomic E-state index is 0. The molecule has 0 radical (unpaired) electrons. The second kappa shape index (κ2) is 18.5. The summed E-state index contributed by atoms with van der Waals surface area (Å²) in [6.45, 7) is 0. The summed E-state index contributed by atoms with van der Waals surface area (Å²) in [7, 11) is 0. The molecule has 0 saturated carbocycles. The maximum Gasteiger partial charge on any atom is 1.00 e. The Hall–Kier alpha value is 1.31. The van der Waals surface area contributed by atoms with Crippen molar-refractivity contribution < 1.29 is 56.9 Å². The predicted octanol–water partition coefficient (Wildman–Crippen LogP) is -3.81. The Morgan fingerprint density at radius 2 is 1.60 bits per heavy atom. The number of hydrogen-bond acceptors (Lipinski definition) is 2. The van der Waals surface area contributed by atoms with Gasteiger partial charge in [0.25, 0.3) is 0 Å². The third-order valence-electron chi connectivity index (χ3n) is 0. The van der Waals surface area contributed by atoms with Gasteiger partial charge in [0.05, 0.1) is 0 Å². The largest absolute Gasteiger partial charge is 1.00 e. The van der Waals surface area contributed by atoms with Gasteiger partial charge in [0.2, 0.25) is 0 Å². The normalized spacial score (nSPS) is 1.40. The Bertz CT molecular complexity index is 33.1. The van der Waals surface area contributed by atoms with E-state index in [0.29, 0.717) is 0 Å². The van der Waals surface area contributed by atoms with Crippen molar-refractivity contribution in [2.45, 2.75) is 0 Å². The SMILES string of the molecule is N#C[S-].O.[K+]. The van der Waals surface area contributed by atoms with E-state index in [1.165, 1.54) is 5.40 Å². The molecule has 0 aromatic rings. The van der Waals surface area contributed by atoms with Crippen LogP contribution in [0.4, 0.5) is 0 Å². The van der Waals surface area contributed by atoms with Crippen LogP contribution in [-0.2, 0) is 12.6 Å². The topological polar surface area (TPSA) is 55.3 Å². The second-order valence-electron chi connectivity index (χ2n) is 0.0913. The number of hydrogen-bond donors (Lipinski definition) is 0. The van der Waals surface area contributed by atoms with E-state index in [4.69, 9.17) is 5.26 Å². The molecule has 0 aliphatic carbocycles. The molecule has 0 aliphatic rings. The van der Waals surface area contributed by atoms with Crippen molar-refractivity contribution in [3.05, 3.63) is 0 Å². The molecular formula is CH2KNOS. The molecule has 5 heavy (non-hydrogen) atoms. The monoisotopic (exact) mass is 115 g/mol. The molecule has 0 aromatic carbocycles. The molecule has 0 unspecified atom stereocenters. The fraction of sp³-hybridized carbons (Fsp3) is 0. The van der Waals surface area contributed by atoms with Crippen molar-refractivity contribution in [1.29, 1.82) is 5.26 Å². The van der Waals surface area contributed by atoms with E-state index in [1.807, 2.05) is 0 Å². The molecule has 0 aliphatic heterocycles. The summed E-state index contributed by atoms with van der Waals surface area (Å²) in [5.74, 6) is 0. The molecule has 0 heterocycles. The molecule has 0 saturated heterocycles. The predicted molar refractivity (Wildman–Crippen MR) is 16.6 cm³/mol. The van der Waals surface area contributed by atoms with Crippen LogP contribution < -0.4 is 51.4 Å². The van der Waals surface area contributed by atoms with E-state index < -0.39 is 0 Å². The minimum Gasteiger partial charge on any atom is -0.696 e. The van der Waals surface area contributed by atoms with Crippen LogP contribution in [0.2, 0.25) is 0 Å². The summed E-state index contributed by atoms with van der Waals surface area (Å²) in [6.07, 6.45) is 0. The Morgan fingerprint density at radius 3 is 1.60 bits per heavy atom. The molecule has 0 spiro atoms. The van der Waals surface area contributed by atoms with Crippen LogP contribution in [0.1, 0.15) is 0 Å². The Balaban J connectivity index is -0.0000000200. The Labute approximate surface area is 78.7 Å². The zero-order valence-corrected chi connectivity index (χ0v) is 6.80. The third-order valence-corrected chi connectivity index (χ3v) is 0. The van der Waals surface area contributed by atoms with Gasteiger partial charge in [-0.25, -0.2) is 5.26 Å². The van der Waals surface area contributed by atoms with Gasteiger partial charge in [-0.15, -0.1) is 0 Å². The molecule has 0 aromatic heterocycles. The zero-order chi connectivity index (χ0) is 2.71. The maximum absolute atomic E-state index is 7.13. The van der Waals surface area contributed by atoms with E-state index >= 15 is 0 Å². The molecular weight excluding hydrogens is 113 g/mol. The summed E-state index contributed by atoms with van der Waals surface area (Å²) in [5, 5.41) is 8.47. The van der Waals surface area contributed by atoms with E-state index in [9.17, 15) is 0 Å². The fourth-order valence-corrected chi connectivity index (χ4v) is 0. The van der Waals surface area contributed by atoms with Gasteiger partial charge < -0.3 is 18.1 Å². The summed E-state index contributed by atoms with van der Waals surface area (Å²) in [5.41, 5.74) is 0. The zero-order valence-electron chi connectivity index (χ0n) is 2.86. The number of rotatable bonds is 0. The Kier molecular flexibility index (Phi) is 60.1. The molecule has 4 heteroatoms. The van der Waals surface area contributed by atoms with Gasteiger partial charge in [-0.2, -0.15) is 0 Å². The van der Waals surface area contributed by atoms with Crippen molar-refractivity contribution in [1.82, 2.24) is 0 Å². The summed E-state index contributed by atoms with van der Waals surface area (Å²) in [4.78, 5) is 0. The molecule has 0 rings (SSSR count). The molecule has 2 N–H and O–H groups in total. The van der Waals surface area contributed by atoms with E-state index in [0.717, 1.165) is 0 Å². The van der Waals surface area contributed by atoms with Crippen molar-refractivity contribution in [3.8, 4) is 5.40 Å². The van der Waals surface area contributed by atoms with Crippen LogP contribution in [0.3, 0.4) is 0 Å². The summed E-state index contributed by atoms with van der Waals surface area (Å²) >= 11 is 3.70. The molecule has 0 amide bonds. The third kappa shape index (κ3) is 34.0. The maximum atomic E-state index is 7.13. The van der Waals surface area contributed by atoms with Crippen molar-refractivity contribution in [2.24, 2.45) is 0 Å². The van der Waals surface area contributed by atoms with Crippen LogP contribution in [0.25, 0.3) is 0 Å². The van der Waals surface area contributed by atoms with Crippen molar-refractivity contribution in [2.75, 3.05) is 0 Å². The smallest absolute Gasteiger partial charge is 0.696 e. The molecule has 0 bridgehead atoms. The van der Waals surface area contributed by atoms with Crippen LogP contribution in [0.5, 0.6) is 0 Å². The van der Waals surface area contributed by atoms with Crippen molar-refractivity contribution >= 4 is 12.6 Å². The minimum atomic E-state index is 0. The quantitative estimate of drug-likeness (QED) is 0.185. The van der Waals surface area contributed by atoms with Gasteiger partial charge in [-0.1, -0.05) is 5.40 Å². The first-order valence-electron chi connectivity index (χ1n) is 0.428. The molecule has 0 fully saturated rings. The van der Waals surface area contributed by atoms with Gasteiger partial charge in [0.15, 0.2) is 0 Å². The van der Waals surface area contributed by atoms with Crippen LogP contribution in [0, 0.1) is 10.7 Å². The number of nitrogens with zero attached hydrogens (tertiary/aromatic N) is 1. The number of thiocyanates is 1. The first kappa shape index (κ1) is 16.2. The van der Waals surface area contributed by atoms with Gasteiger partial charge in [0, 0.05) is 0 Å². The fourth-order valence-electron chi connectivity index (χ4n) is 0. The molecule has 24 valence electrons. The first-order valence-corrected chi connectivity index (χ1v) is 0.836. The standard InChI is InChI=1S/CHNS.K.H2O/c2-1-3;;/h3H;;1H2/q;+1;/p-1. The van der Waals surface area contributed by atoms with E-state index in [2.05, 4.69) is 12.6 Å². The molecule has 2 nitrogen and oxygen atoms in total. The van der Waals surface area contributed by atoms with E-state index in [1.54, 1.807) is 0 Å². The van der Waals surface area contributed by atoms with Crippen LogP contribution >= 0.6 is 0 Å². The average Bonchev–Trinajstić information content (AvgIpc) is 0.918.